The van der Waals surface area contributed by atoms with Gasteiger partial charge in [0.05, 0.1) is 0 Å². The molecule has 0 aliphatic rings. The lowest BCUT2D eigenvalue weighted by Crippen LogP contribution is -2.45. The van der Waals surface area contributed by atoms with E-state index in [1.807, 2.05) is 31.6 Å². The highest BCUT2D eigenvalue weighted by molar-refractivity contribution is 5.27. The van der Waals surface area contributed by atoms with Gasteiger partial charge in [0.25, 0.3) is 0 Å². The minimum Gasteiger partial charge on any atom is -0.335 e. The van der Waals surface area contributed by atoms with Crippen LogP contribution in [0.5, 0.6) is 0 Å². The van der Waals surface area contributed by atoms with E-state index in [0.29, 0.717) is 0 Å². The lowest BCUT2D eigenvalue weighted by molar-refractivity contribution is 0.348. The van der Waals surface area contributed by atoms with Gasteiger partial charge in [-0.25, -0.2) is 9.37 Å². The molecule has 1 aromatic heterocycles. The van der Waals surface area contributed by atoms with Crippen LogP contribution < -0.4 is 5.32 Å². The number of rotatable bonds is 6. The van der Waals surface area contributed by atoms with Crippen LogP contribution >= 0.6 is 0 Å². The maximum absolute atomic E-state index is 13.1. The van der Waals surface area contributed by atoms with Crippen molar-refractivity contribution in [3.05, 3.63) is 53.9 Å². The van der Waals surface area contributed by atoms with Gasteiger partial charge in [-0.3, -0.25) is 0 Å². The first-order chi connectivity index (χ1) is 9.98. The van der Waals surface area contributed by atoms with Gasteiger partial charge >= 0.3 is 0 Å². The number of nitrogens with zero attached hydrogens (tertiary/aromatic N) is 2. The average Bonchev–Trinajstić information content (AvgIpc) is 2.92. The number of aryl methyl sites for hydroxylation is 1. The number of hydrogen-bond donors (Lipinski definition) is 1. The largest absolute Gasteiger partial charge is 0.335 e. The Balaban J connectivity index is 2.25. The lowest BCUT2D eigenvalue weighted by Gasteiger charge is -2.35. The Hall–Kier alpha value is -1.68. The first-order valence-corrected chi connectivity index (χ1v) is 7.42. The summed E-state index contributed by atoms with van der Waals surface area (Å²) in [6.07, 6.45) is 4.69. The van der Waals surface area contributed by atoms with Gasteiger partial charge in [0.15, 0.2) is 0 Å². The van der Waals surface area contributed by atoms with Crippen LogP contribution in [0.3, 0.4) is 0 Å². The molecule has 1 unspecified atom stereocenters. The molecular formula is C17H24FN3. The van der Waals surface area contributed by atoms with E-state index in [1.165, 1.54) is 12.1 Å². The molecule has 0 fully saturated rings. The molecular weight excluding hydrogens is 265 g/mol. The monoisotopic (exact) mass is 289 g/mol. The Morgan fingerprint density at radius 3 is 2.52 bits per heavy atom. The fraction of sp³-hybridized carbons (Fsp3) is 0.471. The quantitative estimate of drug-likeness (QED) is 0.885. The average molecular weight is 289 g/mol. The Morgan fingerprint density at radius 1 is 1.29 bits per heavy atom. The van der Waals surface area contributed by atoms with Crippen LogP contribution in [-0.4, -0.2) is 22.6 Å². The van der Waals surface area contributed by atoms with Crippen LogP contribution in [0.25, 0.3) is 0 Å². The maximum atomic E-state index is 13.1. The van der Waals surface area contributed by atoms with Crippen molar-refractivity contribution in [1.29, 1.82) is 0 Å². The van der Waals surface area contributed by atoms with Gasteiger partial charge < -0.3 is 9.88 Å². The molecule has 1 heterocycles. The summed E-state index contributed by atoms with van der Waals surface area (Å²) in [5, 5.41) is 3.40. The van der Waals surface area contributed by atoms with Crippen LogP contribution in [0.4, 0.5) is 4.39 Å². The van der Waals surface area contributed by atoms with E-state index in [9.17, 15) is 4.39 Å². The Morgan fingerprint density at radius 2 is 1.95 bits per heavy atom. The summed E-state index contributed by atoms with van der Waals surface area (Å²) in [4.78, 5) is 4.46. The topological polar surface area (TPSA) is 29.9 Å². The predicted octanol–water partition coefficient (Wildman–Crippen LogP) is 3.15. The second-order valence-corrected chi connectivity index (χ2v) is 5.90. The number of hydrogen-bond acceptors (Lipinski definition) is 2. The molecule has 0 saturated heterocycles. The number of likely N-dealkylation sites (N-methyl/N-ethyl adjacent to an activating group) is 1. The van der Waals surface area contributed by atoms with Crippen LogP contribution in [0.1, 0.15) is 32.2 Å². The molecule has 2 aromatic rings. The van der Waals surface area contributed by atoms with Crippen molar-refractivity contribution < 1.29 is 4.39 Å². The van der Waals surface area contributed by atoms with E-state index in [0.717, 1.165) is 24.4 Å². The van der Waals surface area contributed by atoms with Crippen LogP contribution in [0, 0.1) is 5.82 Å². The zero-order valence-electron chi connectivity index (χ0n) is 13.2. The third-order valence-electron chi connectivity index (χ3n) is 4.34. The van der Waals surface area contributed by atoms with E-state index >= 15 is 0 Å². The summed E-state index contributed by atoms with van der Waals surface area (Å²) in [6, 6.07) is 7.00. The van der Waals surface area contributed by atoms with Crippen molar-refractivity contribution in [2.45, 2.75) is 45.2 Å². The van der Waals surface area contributed by atoms with Crippen molar-refractivity contribution in [2.24, 2.45) is 0 Å². The van der Waals surface area contributed by atoms with Crippen LogP contribution in [0.2, 0.25) is 0 Å². The lowest BCUT2D eigenvalue weighted by atomic mass is 9.76. The van der Waals surface area contributed by atoms with Gasteiger partial charge in [0, 0.05) is 36.8 Å². The molecule has 1 N–H and O–H groups in total. The van der Waals surface area contributed by atoms with E-state index in [4.69, 9.17) is 0 Å². The van der Waals surface area contributed by atoms with Crippen LogP contribution in [0.15, 0.2) is 36.7 Å². The smallest absolute Gasteiger partial charge is 0.123 e. The molecule has 21 heavy (non-hydrogen) atoms. The molecule has 114 valence electrons. The van der Waals surface area contributed by atoms with Gasteiger partial charge in [-0.1, -0.05) is 26.0 Å². The van der Waals surface area contributed by atoms with Gasteiger partial charge in [-0.05, 0) is 31.7 Å². The Bertz CT molecular complexity index is 572. The first-order valence-electron chi connectivity index (χ1n) is 7.42. The SMILES string of the molecule is CCn1ccnc1CC(NC)C(C)(C)c1ccc(F)cc1. The van der Waals surface area contributed by atoms with E-state index < -0.39 is 0 Å². The molecule has 1 atom stereocenters. The van der Waals surface area contributed by atoms with E-state index in [1.54, 1.807) is 0 Å². The van der Waals surface area contributed by atoms with Gasteiger partial charge in [0.1, 0.15) is 11.6 Å². The minimum absolute atomic E-state index is 0.118. The Kier molecular flexibility index (Phi) is 4.78. The summed E-state index contributed by atoms with van der Waals surface area (Å²) >= 11 is 0. The van der Waals surface area contributed by atoms with Crippen molar-refractivity contribution in [2.75, 3.05) is 7.05 Å². The van der Waals surface area contributed by atoms with Crippen molar-refractivity contribution in [1.82, 2.24) is 14.9 Å². The van der Waals surface area contributed by atoms with E-state index in [-0.39, 0.29) is 17.3 Å². The second kappa shape index (κ2) is 6.39. The Labute approximate surface area is 126 Å². The standard InChI is InChI=1S/C17H24FN3/c1-5-21-11-10-20-16(21)12-15(19-4)17(2,3)13-6-8-14(18)9-7-13/h6-11,15,19H,5,12H2,1-4H3. The predicted molar refractivity (Wildman–Crippen MR) is 83.9 cm³/mol. The number of halogens is 1. The fourth-order valence-corrected chi connectivity index (χ4v) is 2.80. The van der Waals surface area contributed by atoms with Crippen LogP contribution in [-0.2, 0) is 18.4 Å². The maximum Gasteiger partial charge on any atom is 0.123 e. The summed E-state index contributed by atoms with van der Waals surface area (Å²) in [5.74, 6) is 0.879. The number of aromatic nitrogens is 2. The summed E-state index contributed by atoms with van der Waals surface area (Å²) in [6.45, 7) is 7.40. The molecule has 4 heteroatoms. The fourth-order valence-electron chi connectivity index (χ4n) is 2.80. The third kappa shape index (κ3) is 3.32. The zero-order valence-corrected chi connectivity index (χ0v) is 13.2. The highest BCUT2D eigenvalue weighted by Gasteiger charge is 2.31. The summed E-state index contributed by atoms with van der Waals surface area (Å²) in [5.41, 5.74) is 1.00. The van der Waals surface area contributed by atoms with Gasteiger partial charge in [-0.15, -0.1) is 0 Å². The molecule has 1 aromatic carbocycles. The van der Waals surface area contributed by atoms with Gasteiger partial charge in [0.2, 0.25) is 0 Å². The van der Waals surface area contributed by atoms with Crippen molar-refractivity contribution in [3.63, 3.8) is 0 Å². The number of benzene rings is 1. The minimum atomic E-state index is -0.197. The summed E-state index contributed by atoms with van der Waals surface area (Å²) < 4.78 is 15.3. The highest BCUT2D eigenvalue weighted by Crippen LogP contribution is 2.29. The molecule has 0 radical (unpaired) electrons. The number of imidazole rings is 1. The molecule has 0 aliphatic carbocycles. The number of nitrogens with one attached hydrogen (secondary N) is 1. The molecule has 0 saturated carbocycles. The molecule has 3 nitrogen and oxygen atoms in total. The second-order valence-electron chi connectivity index (χ2n) is 5.90. The molecule has 0 amide bonds. The van der Waals surface area contributed by atoms with E-state index in [2.05, 4.69) is 35.6 Å². The third-order valence-corrected chi connectivity index (χ3v) is 4.34. The van der Waals surface area contributed by atoms with Crippen molar-refractivity contribution in [3.8, 4) is 0 Å². The zero-order chi connectivity index (χ0) is 15.5. The highest BCUT2D eigenvalue weighted by atomic mass is 19.1. The normalized spacial score (nSPS) is 13.4. The van der Waals surface area contributed by atoms with Crippen molar-refractivity contribution >= 4 is 0 Å². The molecule has 2 rings (SSSR count). The molecule has 0 bridgehead atoms. The van der Waals surface area contributed by atoms with Gasteiger partial charge in [-0.2, -0.15) is 0 Å². The summed E-state index contributed by atoms with van der Waals surface area (Å²) in [7, 11) is 1.97. The molecule has 0 spiro atoms. The molecule has 0 aliphatic heterocycles. The first kappa shape index (κ1) is 15.7.